The average Bonchev–Trinajstić information content (AvgIpc) is 2.93. The van der Waals surface area contributed by atoms with Crippen molar-refractivity contribution >= 4 is 17.8 Å². The molecule has 15 nitrogen and oxygen atoms in total. The maximum Gasteiger partial charge on any atom is 0.314 e. The molecule has 2 fully saturated rings. The summed E-state index contributed by atoms with van der Waals surface area (Å²) in [6.45, 7) is 5.87. The average molecular weight is 593 g/mol. The number of nitrogens with one attached hydrogen (secondary N) is 3. The van der Waals surface area contributed by atoms with Crippen LogP contribution in [0.4, 0.5) is 4.79 Å². The number of unbranched alkanes of at least 4 members (excludes halogenated alkanes) is 2. The lowest BCUT2D eigenvalue weighted by Gasteiger charge is -2.49. The second-order valence-electron chi connectivity index (χ2n) is 10.5. The largest absolute Gasteiger partial charge is 0.396 e. The van der Waals surface area contributed by atoms with E-state index in [1.807, 2.05) is 6.92 Å². The molecule has 5 atom stereocenters. The molecule has 4 amide bonds. The van der Waals surface area contributed by atoms with Gasteiger partial charge in [-0.25, -0.2) is 4.79 Å². The Morgan fingerprint density at radius 1 is 0.976 bits per heavy atom. The van der Waals surface area contributed by atoms with Gasteiger partial charge in [0, 0.05) is 46.1 Å². The van der Waals surface area contributed by atoms with E-state index in [4.69, 9.17) is 18.9 Å². The summed E-state index contributed by atoms with van der Waals surface area (Å²) in [4.78, 5) is 37.4. The Kier molecular flexibility index (Phi) is 15.8. The molecule has 0 radical (unpaired) electrons. The van der Waals surface area contributed by atoms with Crippen LogP contribution in [0.3, 0.4) is 0 Å². The number of urea groups is 1. The van der Waals surface area contributed by atoms with Crippen molar-refractivity contribution < 1.29 is 53.8 Å². The first-order chi connectivity index (χ1) is 19.7. The zero-order chi connectivity index (χ0) is 30.3. The predicted molar refractivity (Wildman–Crippen MR) is 145 cm³/mol. The van der Waals surface area contributed by atoms with Crippen LogP contribution in [0, 0.1) is 5.41 Å². The summed E-state index contributed by atoms with van der Waals surface area (Å²) in [6.07, 6.45) is -2.21. The maximum absolute atomic E-state index is 12.3. The van der Waals surface area contributed by atoms with Crippen molar-refractivity contribution in [2.24, 2.45) is 5.41 Å². The van der Waals surface area contributed by atoms with E-state index in [1.165, 1.54) is 6.92 Å². The first-order valence-electron chi connectivity index (χ1n) is 14.2. The number of hydrogen-bond acceptors (Lipinski definition) is 11. The van der Waals surface area contributed by atoms with Gasteiger partial charge in [0.2, 0.25) is 11.8 Å². The van der Waals surface area contributed by atoms with Crippen molar-refractivity contribution in [3.63, 3.8) is 0 Å². The Morgan fingerprint density at radius 3 is 2.37 bits per heavy atom. The van der Waals surface area contributed by atoms with E-state index in [2.05, 4.69) is 16.0 Å². The zero-order valence-corrected chi connectivity index (χ0v) is 24.1. The van der Waals surface area contributed by atoms with E-state index in [9.17, 15) is 34.8 Å². The van der Waals surface area contributed by atoms with Gasteiger partial charge in [0.1, 0.15) is 24.4 Å². The minimum absolute atomic E-state index is 0.00701. The molecule has 7 N–H and O–H groups in total. The third kappa shape index (κ3) is 11.6. The number of hydrogen-bond donors (Lipinski definition) is 7. The number of ether oxygens (including phenoxy) is 4. The van der Waals surface area contributed by atoms with E-state index >= 15 is 0 Å². The summed E-state index contributed by atoms with van der Waals surface area (Å²) in [5.41, 5.74) is -0.329. The molecule has 0 unspecified atom stereocenters. The van der Waals surface area contributed by atoms with Gasteiger partial charge < -0.3 is 60.2 Å². The normalized spacial score (nSPS) is 25.3. The van der Waals surface area contributed by atoms with E-state index in [1.54, 1.807) is 4.90 Å². The van der Waals surface area contributed by atoms with Crippen LogP contribution in [0.15, 0.2) is 0 Å². The van der Waals surface area contributed by atoms with E-state index in [0.717, 1.165) is 19.3 Å². The van der Waals surface area contributed by atoms with Gasteiger partial charge >= 0.3 is 6.03 Å². The van der Waals surface area contributed by atoms with Crippen LogP contribution in [0.1, 0.15) is 39.5 Å². The highest BCUT2D eigenvalue weighted by Crippen LogP contribution is 2.31. The Labute approximate surface area is 240 Å². The SMILES string of the molecule is CCOCC1(CO)CN(C(=O)CCCCCNC(=O)NCCOCCO[C@@H]2O[C@H](CO)[C@H](O)[C@H](O)[C@H]2NC(C)=O)C1. The number of aliphatic hydroxyl groups excluding tert-OH is 4. The number of carbonyl (C=O) groups is 3. The first-order valence-corrected chi connectivity index (χ1v) is 14.2. The molecule has 238 valence electrons. The lowest BCUT2D eigenvalue weighted by Crippen LogP contribution is -2.64. The number of likely N-dealkylation sites (tertiary alicyclic amines) is 1. The molecule has 2 aliphatic heterocycles. The van der Waals surface area contributed by atoms with Crippen molar-refractivity contribution in [2.75, 3.05) is 72.4 Å². The van der Waals surface area contributed by atoms with Crippen LogP contribution in [0.25, 0.3) is 0 Å². The predicted octanol–water partition coefficient (Wildman–Crippen LogP) is -2.32. The number of amides is 4. The first kappa shape index (κ1) is 35.1. The fourth-order valence-electron chi connectivity index (χ4n) is 4.67. The van der Waals surface area contributed by atoms with Crippen LogP contribution < -0.4 is 16.0 Å². The van der Waals surface area contributed by atoms with Gasteiger partial charge in [-0.1, -0.05) is 6.42 Å². The van der Waals surface area contributed by atoms with Crippen molar-refractivity contribution in [1.29, 1.82) is 0 Å². The Bertz CT molecular complexity index is 799. The van der Waals surface area contributed by atoms with E-state index < -0.39 is 43.2 Å². The van der Waals surface area contributed by atoms with Crippen molar-refractivity contribution in [1.82, 2.24) is 20.9 Å². The van der Waals surface area contributed by atoms with E-state index in [-0.39, 0.29) is 50.3 Å². The molecular weight excluding hydrogens is 544 g/mol. The Balaban J connectivity index is 1.47. The van der Waals surface area contributed by atoms with Gasteiger partial charge in [-0.15, -0.1) is 0 Å². The van der Waals surface area contributed by atoms with Crippen LogP contribution in [0.5, 0.6) is 0 Å². The van der Waals surface area contributed by atoms with Crippen molar-refractivity contribution in [3.8, 4) is 0 Å². The monoisotopic (exact) mass is 592 g/mol. The molecule has 41 heavy (non-hydrogen) atoms. The Morgan fingerprint density at radius 2 is 1.71 bits per heavy atom. The molecule has 0 bridgehead atoms. The lowest BCUT2D eigenvalue weighted by molar-refractivity contribution is -0.272. The highest BCUT2D eigenvalue weighted by molar-refractivity contribution is 5.77. The van der Waals surface area contributed by atoms with Crippen LogP contribution in [-0.2, 0) is 28.5 Å². The third-order valence-electron chi connectivity index (χ3n) is 7.00. The number of nitrogens with zero attached hydrogens (tertiary/aromatic N) is 1. The topological polar surface area (TPSA) is 208 Å². The van der Waals surface area contributed by atoms with Gasteiger partial charge in [0.05, 0.1) is 45.1 Å². The quantitative estimate of drug-likeness (QED) is 0.0792. The zero-order valence-electron chi connectivity index (χ0n) is 24.1. The fraction of sp³-hybridized carbons (Fsp3) is 0.885. The molecule has 0 saturated carbocycles. The van der Waals surface area contributed by atoms with Crippen LogP contribution in [0.2, 0.25) is 0 Å². The molecule has 2 aliphatic rings. The summed E-state index contributed by atoms with van der Waals surface area (Å²) in [5, 5.41) is 47.1. The molecule has 0 aromatic rings. The second kappa shape index (κ2) is 18.4. The summed E-state index contributed by atoms with van der Waals surface area (Å²) in [5.74, 6) is -0.366. The molecule has 0 aromatic heterocycles. The minimum atomic E-state index is -1.38. The molecule has 0 spiro atoms. The standard InChI is InChI=1S/C26H48N4O11/c1-3-38-17-26(16-32)14-30(15-26)20(34)7-5-4-6-8-27-25(37)28-9-10-39-11-12-40-24-21(29-18(2)33)23(36)22(35)19(13-31)41-24/h19,21-24,31-32,35-36H,3-17H2,1-2H3,(H,29,33)(H2,27,28,37)/t19-,21-,22+,23-,24-/m1/s1. The molecule has 2 saturated heterocycles. The molecule has 0 aromatic carbocycles. The van der Waals surface area contributed by atoms with Gasteiger partial charge in [-0.2, -0.15) is 0 Å². The van der Waals surface area contributed by atoms with Gasteiger partial charge in [0.25, 0.3) is 0 Å². The maximum atomic E-state index is 12.3. The highest BCUT2D eigenvalue weighted by atomic mass is 16.7. The molecular formula is C26H48N4O11. The smallest absolute Gasteiger partial charge is 0.314 e. The van der Waals surface area contributed by atoms with Crippen molar-refractivity contribution in [3.05, 3.63) is 0 Å². The lowest BCUT2D eigenvalue weighted by atomic mass is 9.81. The van der Waals surface area contributed by atoms with E-state index in [0.29, 0.717) is 39.3 Å². The molecule has 2 heterocycles. The minimum Gasteiger partial charge on any atom is -0.396 e. The molecule has 15 heteroatoms. The number of rotatable bonds is 19. The fourth-order valence-corrected chi connectivity index (χ4v) is 4.67. The van der Waals surface area contributed by atoms with Crippen molar-refractivity contribution in [2.45, 2.75) is 70.2 Å². The summed E-state index contributed by atoms with van der Waals surface area (Å²) < 4.78 is 21.8. The molecule has 2 rings (SSSR count). The third-order valence-corrected chi connectivity index (χ3v) is 7.00. The molecule has 0 aliphatic carbocycles. The second-order valence-corrected chi connectivity index (χ2v) is 10.5. The Hall–Kier alpha value is -2.11. The highest BCUT2D eigenvalue weighted by Gasteiger charge is 2.46. The van der Waals surface area contributed by atoms with Gasteiger partial charge in [-0.05, 0) is 19.8 Å². The summed E-state index contributed by atoms with van der Waals surface area (Å²) in [7, 11) is 0. The van der Waals surface area contributed by atoms with Crippen LogP contribution >= 0.6 is 0 Å². The number of carbonyl (C=O) groups excluding carboxylic acids is 3. The summed E-state index contributed by atoms with van der Waals surface area (Å²) >= 11 is 0. The number of aliphatic hydroxyl groups is 4. The summed E-state index contributed by atoms with van der Waals surface area (Å²) in [6, 6.07) is -1.35. The van der Waals surface area contributed by atoms with Gasteiger partial charge in [-0.3, -0.25) is 9.59 Å². The van der Waals surface area contributed by atoms with Gasteiger partial charge in [0.15, 0.2) is 6.29 Å². The van der Waals surface area contributed by atoms with Crippen LogP contribution in [-0.4, -0.2) is 146 Å².